The Bertz CT molecular complexity index is 1010. The van der Waals surface area contributed by atoms with E-state index in [4.69, 9.17) is 0 Å². The van der Waals surface area contributed by atoms with Gasteiger partial charge < -0.3 is 15.2 Å². The Labute approximate surface area is 172 Å². The highest BCUT2D eigenvalue weighted by Crippen LogP contribution is 2.19. The number of aromatic nitrogens is 1. The van der Waals surface area contributed by atoms with Gasteiger partial charge in [-0.25, -0.2) is 0 Å². The van der Waals surface area contributed by atoms with Gasteiger partial charge in [-0.05, 0) is 41.3 Å². The van der Waals surface area contributed by atoms with E-state index in [9.17, 15) is 9.59 Å². The van der Waals surface area contributed by atoms with Crippen LogP contribution in [0.2, 0.25) is 0 Å². The molecule has 5 nitrogen and oxygen atoms in total. The monoisotopic (exact) mass is 391 g/mol. The van der Waals surface area contributed by atoms with E-state index < -0.39 is 6.04 Å². The zero-order valence-electron chi connectivity index (χ0n) is 17.5. The Morgan fingerprint density at radius 3 is 2.41 bits per heavy atom. The molecule has 3 rings (SSSR count). The van der Waals surface area contributed by atoms with Crippen LogP contribution < -0.4 is 10.6 Å². The largest absolute Gasteiger partial charge is 0.350 e. The lowest BCUT2D eigenvalue weighted by Gasteiger charge is -2.22. The molecule has 2 aromatic carbocycles. The highest BCUT2D eigenvalue weighted by atomic mass is 16.2. The number of carbonyl (C=O) groups is 2. The van der Waals surface area contributed by atoms with Gasteiger partial charge >= 0.3 is 0 Å². The van der Waals surface area contributed by atoms with E-state index in [2.05, 4.69) is 10.6 Å². The van der Waals surface area contributed by atoms with Crippen molar-refractivity contribution in [3.63, 3.8) is 0 Å². The molecule has 0 bridgehead atoms. The van der Waals surface area contributed by atoms with Crippen LogP contribution in [0.25, 0.3) is 10.8 Å². The lowest BCUT2D eigenvalue weighted by Crippen LogP contribution is -2.50. The highest BCUT2D eigenvalue weighted by molar-refractivity contribution is 5.92. The van der Waals surface area contributed by atoms with Gasteiger partial charge in [0.1, 0.15) is 6.04 Å². The molecule has 0 spiro atoms. The molecular formula is C24H29N3O2. The second-order valence-electron chi connectivity index (χ2n) is 7.85. The molecule has 0 saturated heterocycles. The lowest BCUT2D eigenvalue weighted by molar-refractivity contribution is -0.129. The van der Waals surface area contributed by atoms with Crippen LogP contribution in [0.3, 0.4) is 0 Å². The minimum Gasteiger partial charge on any atom is -0.350 e. The fourth-order valence-electron chi connectivity index (χ4n) is 3.51. The van der Waals surface area contributed by atoms with Gasteiger partial charge in [0.25, 0.3) is 0 Å². The molecule has 2 amide bonds. The molecule has 0 aliphatic heterocycles. The quantitative estimate of drug-likeness (QED) is 0.648. The fraction of sp³-hybridized carbons (Fsp3) is 0.333. The summed E-state index contributed by atoms with van der Waals surface area (Å²) < 4.78 is 2.05. The second-order valence-corrected chi connectivity index (χ2v) is 7.85. The molecule has 0 saturated carbocycles. The van der Waals surface area contributed by atoms with E-state index in [1.165, 1.54) is 0 Å². The van der Waals surface area contributed by atoms with Crippen LogP contribution in [0.1, 0.15) is 30.8 Å². The summed E-state index contributed by atoms with van der Waals surface area (Å²) in [7, 11) is 1.97. The number of benzene rings is 2. The fourth-order valence-corrected chi connectivity index (χ4v) is 3.51. The maximum absolute atomic E-state index is 12.7. The molecule has 0 unspecified atom stereocenters. The molecule has 5 heteroatoms. The van der Waals surface area contributed by atoms with Crippen molar-refractivity contribution in [2.24, 2.45) is 13.0 Å². The minimum absolute atomic E-state index is 0.0124. The first kappa shape index (κ1) is 20.6. The standard InChI is InChI=1S/C24H29N3O2/c1-16(2)23(24(29)25-15-20-13-12-17(3)27(20)4)26-22(28)14-19-10-7-9-18-8-5-6-11-21(18)19/h5-13,16,23H,14-15H2,1-4H3,(H,25,29)(H,26,28)/t23-/m0/s1. The topological polar surface area (TPSA) is 63.1 Å². The predicted octanol–water partition coefficient (Wildman–Crippen LogP) is 3.49. The molecule has 152 valence electrons. The molecule has 2 N–H and O–H groups in total. The van der Waals surface area contributed by atoms with Gasteiger partial charge in [0.15, 0.2) is 0 Å². The summed E-state index contributed by atoms with van der Waals surface area (Å²) in [4.78, 5) is 25.5. The molecule has 1 heterocycles. The van der Waals surface area contributed by atoms with Gasteiger partial charge in [0.05, 0.1) is 13.0 Å². The zero-order valence-corrected chi connectivity index (χ0v) is 17.5. The number of aryl methyl sites for hydroxylation is 1. The van der Waals surface area contributed by atoms with Crippen LogP contribution in [0.5, 0.6) is 0 Å². The molecule has 0 aliphatic rings. The summed E-state index contributed by atoms with van der Waals surface area (Å²) >= 11 is 0. The molecule has 0 fully saturated rings. The zero-order chi connectivity index (χ0) is 21.0. The van der Waals surface area contributed by atoms with E-state index in [1.54, 1.807) is 0 Å². The van der Waals surface area contributed by atoms with Crippen LogP contribution in [0, 0.1) is 12.8 Å². The summed E-state index contributed by atoms with van der Waals surface area (Å²) in [6, 6.07) is 17.4. The Morgan fingerprint density at radius 1 is 1.00 bits per heavy atom. The molecule has 1 aromatic heterocycles. The molecule has 0 aliphatic carbocycles. The minimum atomic E-state index is -0.571. The first-order valence-corrected chi connectivity index (χ1v) is 10.0. The summed E-state index contributed by atoms with van der Waals surface area (Å²) in [5.41, 5.74) is 3.13. The maximum Gasteiger partial charge on any atom is 0.243 e. The van der Waals surface area contributed by atoms with Crippen LogP contribution in [0.4, 0.5) is 0 Å². The first-order valence-electron chi connectivity index (χ1n) is 10.0. The Morgan fingerprint density at radius 2 is 1.72 bits per heavy atom. The second kappa shape index (κ2) is 8.95. The summed E-state index contributed by atoms with van der Waals surface area (Å²) in [5.74, 6) is -0.323. The Balaban J connectivity index is 1.65. The highest BCUT2D eigenvalue weighted by Gasteiger charge is 2.24. The number of hydrogen-bond acceptors (Lipinski definition) is 2. The average molecular weight is 392 g/mol. The van der Waals surface area contributed by atoms with Gasteiger partial charge in [-0.2, -0.15) is 0 Å². The third-order valence-corrected chi connectivity index (χ3v) is 5.42. The number of fused-ring (bicyclic) bond motifs is 1. The van der Waals surface area contributed by atoms with Gasteiger partial charge in [-0.3, -0.25) is 9.59 Å². The smallest absolute Gasteiger partial charge is 0.243 e. The lowest BCUT2D eigenvalue weighted by atomic mass is 10.0. The van der Waals surface area contributed by atoms with E-state index in [1.807, 2.05) is 87.0 Å². The van der Waals surface area contributed by atoms with Crippen molar-refractivity contribution in [2.45, 2.75) is 39.8 Å². The van der Waals surface area contributed by atoms with E-state index in [0.29, 0.717) is 6.54 Å². The first-order chi connectivity index (χ1) is 13.9. The van der Waals surface area contributed by atoms with Crippen molar-refractivity contribution in [1.29, 1.82) is 0 Å². The SMILES string of the molecule is Cc1ccc(CNC(=O)[C@@H](NC(=O)Cc2cccc3ccccc23)C(C)C)n1C. The number of hydrogen-bond donors (Lipinski definition) is 2. The van der Waals surface area contributed by atoms with Crippen LogP contribution in [-0.4, -0.2) is 22.4 Å². The Hall–Kier alpha value is -3.08. The van der Waals surface area contributed by atoms with Gasteiger partial charge in [-0.1, -0.05) is 56.3 Å². The summed E-state index contributed by atoms with van der Waals surface area (Å²) in [6.45, 7) is 6.34. The van der Waals surface area contributed by atoms with Crippen LogP contribution >= 0.6 is 0 Å². The number of carbonyl (C=O) groups excluding carboxylic acids is 2. The van der Waals surface area contributed by atoms with Crippen molar-refractivity contribution in [2.75, 3.05) is 0 Å². The van der Waals surface area contributed by atoms with Crippen molar-refractivity contribution in [3.8, 4) is 0 Å². The predicted molar refractivity (Wildman–Crippen MR) is 116 cm³/mol. The normalized spacial score (nSPS) is 12.2. The van der Waals surface area contributed by atoms with Crippen molar-refractivity contribution >= 4 is 22.6 Å². The third kappa shape index (κ3) is 4.86. The molecular weight excluding hydrogens is 362 g/mol. The average Bonchev–Trinajstić information content (AvgIpc) is 3.02. The van der Waals surface area contributed by atoms with Gasteiger partial charge in [0, 0.05) is 18.4 Å². The van der Waals surface area contributed by atoms with Crippen molar-refractivity contribution < 1.29 is 9.59 Å². The number of amides is 2. The van der Waals surface area contributed by atoms with Gasteiger partial charge in [0.2, 0.25) is 11.8 Å². The van der Waals surface area contributed by atoms with Crippen LogP contribution in [-0.2, 0) is 29.6 Å². The molecule has 29 heavy (non-hydrogen) atoms. The number of nitrogens with one attached hydrogen (secondary N) is 2. The van der Waals surface area contributed by atoms with Crippen molar-refractivity contribution in [3.05, 3.63) is 71.5 Å². The van der Waals surface area contributed by atoms with Crippen LogP contribution in [0.15, 0.2) is 54.6 Å². The van der Waals surface area contributed by atoms with E-state index in [-0.39, 0.29) is 24.2 Å². The Kier molecular flexibility index (Phi) is 6.37. The molecule has 3 aromatic rings. The number of nitrogens with zero attached hydrogens (tertiary/aromatic N) is 1. The number of rotatable bonds is 7. The van der Waals surface area contributed by atoms with E-state index in [0.717, 1.165) is 27.7 Å². The summed E-state index contributed by atoms with van der Waals surface area (Å²) in [6.07, 6.45) is 0.245. The maximum atomic E-state index is 12.7. The van der Waals surface area contributed by atoms with E-state index >= 15 is 0 Å². The van der Waals surface area contributed by atoms with Gasteiger partial charge in [-0.15, -0.1) is 0 Å². The molecule has 0 radical (unpaired) electrons. The van der Waals surface area contributed by atoms with Crippen molar-refractivity contribution in [1.82, 2.24) is 15.2 Å². The molecule has 1 atom stereocenters. The summed E-state index contributed by atoms with van der Waals surface area (Å²) in [5, 5.41) is 8.06. The third-order valence-electron chi connectivity index (χ3n) is 5.42.